The van der Waals surface area contributed by atoms with Gasteiger partial charge in [0.15, 0.2) is 0 Å². The molecule has 0 aliphatic rings. The van der Waals surface area contributed by atoms with E-state index in [4.69, 9.17) is 5.73 Å². The standard InChI is InChI=1S/C15H16N2OS/c1-15(2,11-6-8-13(16)9-7-11)12-4-3-5-14(10-12)17-19-18/h3-10H,16H2,1-2H3. The van der Waals surface area contributed by atoms with Gasteiger partial charge in [-0.25, -0.2) is 0 Å². The first-order chi connectivity index (χ1) is 9.04. The molecule has 0 unspecified atom stereocenters. The van der Waals surface area contributed by atoms with Crippen LogP contribution in [0.25, 0.3) is 0 Å². The minimum absolute atomic E-state index is 0.160. The molecule has 3 nitrogen and oxygen atoms in total. The highest BCUT2D eigenvalue weighted by atomic mass is 32.1. The molecule has 0 radical (unpaired) electrons. The normalized spacial score (nSPS) is 11.1. The van der Waals surface area contributed by atoms with Crippen molar-refractivity contribution in [3.63, 3.8) is 0 Å². The summed E-state index contributed by atoms with van der Waals surface area (Å²) in [5, 5.41) is 0. The fourth-order valence-corrected chi connectivity index (χ4v) is 2.26. The van der Waals surface area contributed by atoms with Gasteiger partial charge < -0.3 is 5.73 Å². The van der Waals surface area contributed by atoms with Crippen LogP contribution in [-0.4, -0.2) is 4.21 Å². The molecule has 98 valence electrons. The summed E-state index contributed by atoms with van der Waals surface area (Å²) in [6.45, 7) is 4.28. The maximum absolute atomic E-state index is 10.5. The van der Waals surface area contributed by atoms with Crippen LogP contribution in [0.1, 0.15) is 25.0 Å². The van der Waals surface area contributed by atoms with E-state index in [1.165, 1.54) is 5.56 Å². The molecule has 0 atom stereocenters. The fraction of sp³-hybridized carbons (Fsp3) is 0.200. The average Bonchev–Trinajstić information content (AvgIpc) is 2.40. The van der Waals surface area contributed by atoms with Gasteiger partial charge in [0.1, 0.15) is 0 Å². The Kier molecular flexibility index (Phi) is 3.81. The Morgan fingerprint density at radius 3 is 2.37 bits per heavy atom. The summed E-state index contributed by atoms with van der Waals surface area (Å²) in [7, 11) is 0. The Morgan fingerprint density at radius 1 is 1.05 bits per heavy atom. The lowest BCUT2D eigenvalue weighted by atomic mass is 9.78. The maximum Gasteiger partial charge on any atom is 0.205 e. The second kappa shape index (κ2) is 5.36. The lowest BCUT2D eigenvalue weighted by Gasteiger charge is -2.26. The molecule has 0 bridgehead atoms. The van der Waals surface area contributed by atoms with Crippen molar-refractivity contribution in [2.75, 3.05) is 5.73 Å². The summed E-state index contributed by atoms with van der Waals surface area (Å²) in [6, 6.07) is 15.6. The molecular weight excluding hydrogens is 256 g/mol. The minimum Gasteiger partial charge on any atom is -0.399 e. The molecule has 0 aliphatic carbocycles. The van der Waals surface area contributed by atoms with Crippen molar-refractivity contribution in [3.8, 4) is 0 Å². The van der Waals surface area contributed by atoms with Crippen LogP contribution in [0, 0.1) is 0 Å². The van der Waals surface area contributed by atoms with Gasteiger partial charge in [0.2, 0.25) is 11.5 Å². The zero-order valence-corrected chi connectivity index (χ0v) is 11.8. The van der Waals surface area contributed by atoms with Crippen molar-refractivity contribution in [1.82, 2.24) is 0 Å². The predicted molar refractivity (Wildman–Crippen MR) is 79.7 cm³/mol. The largest absolute Gasteiger partial charge is 0.399 e. The third-order valence-corrected chi connectivity index (χ3v) is 3.63. The van der Waals surface area contributed by atoms with Gasteiger partial charge >= 0.3 is 0 Å². The molecule has 2 aromatic carbocycles. The van der Waals surface area contributed by atoms with Gasteiger partial charge in [0, 0.05) is 11.1 Å². The molecule has 0 spiro atoms. The molecule has 0 saturated heterocycles. The fourth-order valence-electron chi connectivity index (χ4n) is 2.06. The van der Waals surface area contributed by atoms with Crippen LogP contribution in [-0.2, 0) is 16.9 Å². The monoisotopic (exact) mass is 272 g/mol. The molecule has 0 saturated carbocycles. The van der Waals surface area contributed by atoms with E-state index in [2.05, 4.69) is 18.2 Å². The number of rotatable bonds is 3. The summed E-state index contributed by atoms with van der Waals surface area (Å²) in [5.74, 6) is 0. The molecule has 0 heterocycles. The molecule has 19 heavy (non-hydrogen) atoms. The molecular formula is C15H16N2OS. The van der Waals surface area contributed by atoms with Gasteiger partial charge in [-0.3, -0.25) is 0 Å². The highest BCUT2D eigenvalue weighted by Crippen LogP contribution is 2.33. The van der Waals surface area contributed by atoms with Crippen molar-refractivity contribution in [1.29, 1.82) is 0 Å². The first kappa shape index (κ1) is 13.5. The third-order valence-electron chi connectivity index (χ3n) is 3.34. The minimum atomic E-state index is -0.160. The highest BCUT2D eigenvalue weighted by Gasteiger charge is 2.23. The number of nitrogens with two attached hydrogens (primary N) is 1. The predicted octanol–water partition coefficient (Wildman–Crippen LogP) is 3.62. The van der Waals surface area contributed by atoms with E-state index in [0.29, 0.717) is 5.69 Å². The molecule has 0 aliphatic heterocycles. The first-order valence-electron chi connectivity index (χ1n) is 6.00. The Labute approximate surface area is 116 Å². The van der Waals surface area contributed by atoms with Crippen molar-refractivity contribution >= 4 is 22.8 Å². The average molecular weight is 272 g/mol. The number of benzene rings is 2. The number of hydrogen-bond donors (Lipinski definition) is 1. The van der Waals surface area contributed by atoms with E-state index in [1.54, 1.807) is 0 Å². The second-order valence-corrected chi connectivity index (χ2v) is 5.29. The van der Waals surface area contributed by atoms with E-state index in [1.807, 2.05) is 48.5 Å². The van der Waals surface area contributed by atoms with Gasteiger partial charge in [0.25, 0.3) is 0 Å². The smallest absolute Gasteiger partial charge is 0.205 e. The molecule has 0 aromatic heterocycles. The number of hydrogen-bond acceptors (Lipinski definition) is 3. The Bertz CT molecular complexity index is 629. The van der Waals surface area contributed by atoms with Crippen LogP contribution >= 0.6 is 0 Å². The van der Waals surface area contributed by atoms with Crippen molar-refractivity contribution < 1.29 is 4.21 Å². The summed E-state index contributed by atoms with van der Waals surface area (Å²) >= 11 is 0.230. The highest BCUT2D eigenvalue weighted by molar-refractivity contribution is 7.54. The summed E-state index contributed by atoms with van der Waals surface area (Å²) in [4.78, 5) is 0. The van der Waals surface area contributed by atoms with Crippen LogP contribution < -0.4 is 5.73 Å². The Hall–Kier alpha value is -1.94. The number of nitrogens with zero attached hydrogens (tertiary/aromatic N) is 1. The van der Waals surface area contributed by atoms with E-state index >= 15 is 0 Å². The van der Waals surface area contributed by atoms with E-state index in [9.17, 15) is 4.21 Å². The van der Waals surface area contributed by atoms with Crippen molar-refractivity contribution in [2.24, 2.45) is 4.36 Å². The van der Waals surface area contributed by atoms with Crippen LogP contribution in [0.5, 0.6) is 0 Å². The second-order valence-electron chi connectivity index (χ2n) is 4.96. The topological polar surface area (TPSA) is 55.4 Å². The molecule has 2 aromatic rings. The van der Waals surface area contributed by atoms with E-state index < -0.39 is 0 Å². The van der Waals surface area contributed by atoms with Crippen LogP contribution in [0.3, 0.4) is 0 Å². The van der Waals surface area contributed by atoms with Gasteiger partial charge in [-0.15, -0.1) is 0 Å². The number of anilines is 1. The lowest BCUT2D eigenvalue weighted by Crippen LogP contribution is -2.18. The Balaban J connectivity index is 2.46. The zero-order chi connectivity index (χ0) is 13.9. The summed E-state index contributed by atoms with van der Waals surface area (Å²) < 4.78 is 14.3. The summed E-state index contributed by atoms with van der Waals surface area (Å²) in [6.07, 6.45) is 0. The molecule has 2 N–H and O–H groups in total. The first-order valence-corrected chi connectivity index (χ1v) is 6.70. The van der Waals surface area contributed by atoms with E-state index in [-0.39, 0.29) is 16.9 Å². The maximum atomic E-state index is 10.5. The molecule has 0 amide bonds. The molecule has 4 heteroatoms. The third kappa shape index (κ3) is 2.90. The molecule has 2 rings (SSSR count). The van der Waals surface area contributed by atoms with Crippen LogP contribution in [0.2, 0.25) is 0 Å². The quantitative estimate of drug-likeness (QED) is 0.867. The van der Waals surface area contributed by atoms with Gasteiger partial charge in [-0.2, -0.15) is 8.57 Å². The van der Waals surface area contributed by atoms with Gasteiger partial charge in [-0.05, 0) is 35.4 Å². The number of nitrogen functional groups attached to an aromatic ring is 1. The van der Waals surface area contributed by atoms with Crippen molar-refractivity contribution in [3.05, 3.63) is 59.7 Å². The zero-order valence-electron chi connectivity index (χ0n) is 11.0. The van der Waals surface area contributed by atoms with Crippen LogP contribution in [0.15, 0.2) is 52.9 Å². The lowest BCUT2D eigenvalue weighted by molar-refractivity contribution is 0.641. The van der Waals surface area contributed by atoms with E-state index in [0.717, 1.165) is 11.3 Å². The van der Waals surface area contributed by atoms with Gasteiger partial charge in [-0.1, -0.05) is 38.1 Å². The molecule has 0 fully saturated rings. The summed E-state index contributed by atoms with van der Waals surface area (Å²) in [5.41, 5.74) is 9.30. The van der Waals surface area contributed by atoms with Crippen LogP contribution in [0.4, 0.5) is 11.4 Å². The van der Waals surface area contributed by atoms with Gasteiger partial charge in [0.05, 0.1) is 5.69 Å². The van der Waals surface area contributed by atoms with Crippen molar-refractivity contribution in [2.45, 2.75) is 19.3 Å². The Morgan fingerprint density at radius 2 is 1.74 bits per heavy atom. The SMILES string of the molecule is CC(C)(c1ccc(N)cc1)c1cccc(N=S=O)c1.